The Bertz CT molecular complexity index is 456. The normalized spacial score (nSPS) is 11.4. The first-order valence-electron chi connectivity index (χ1n) is 5.82. The summed E-state index contributed by atoms with van der Waals surface area (Å²) in [5.74, 6) is -1.07. The minimum atomic E-state index is -0.990. The average Bonchev–Trinajstić information content (AvgIpc) is 2.39. The maximum absolute atomic E-state index is 11.4. The van der Waals surface area contributed by atoms with Crippen molar-refractivity contribution in [1.82, 2.24) is 4.98 Å². The topological polar surface area (TPSA) is 88.5 Å². The molecule has 1 heterocycles. The van der Waals surface area contributed by atoms with E-state index in [0.29, 0.717) is 18.0 Å². The van der Waals surface area contributed by atoms with Crippen molar-refractivity contribution in [3.8, 4) is 0 Å². The molecular weight excluding hydrogens is 248 g/mol. The van der Waals surface area contributed by atoms with E-state index in [-0.39, 0.29) is 6.42 Å². The Balaban J connectivity index is 2.72. The summed E-state index contributed by atoms with van der Waals surface area (Å²) >= 11 is 0. The molecule has 102 valence electrons. The predicted molar refractivity (Wildman–Crippen MR) is 70.1 cm³/mol. The van der Waals surface area contributed by atoms with Gasteiger partial charge in [0.05, 0.1) is 12.2 Å². The van der Waals surface area contributed by atoms with Crippen LogP contribution in [0.15, 0.2) is 31.0 Å². The van der Waals surface area contributed by atoms with Gasteiger partial charge in [0.2, 0.25) is 0 Å². The van der Waals surface area contributed by atoms with Gasteiger partial charge in [-0.1, -0.05) is 6.08 Å². The van der Waals surface area contributed by atoms with Crippen molar-refractivity contribution in [3.05, 3.63) is 36.5 Å². The second kappa shape index (κ2) is 7.15. The average molecular weight is 264 g/mol. The SMILES string of the molecule is C=CCC(Nc1ccc(C(=O)OCC)cn1)C(=O)O. The van der Waals surface area contributed by atoms with Crippen molar-refractivity contribution in [1.29, 1.82) is 0 Å². The maximum Gasteiger partial charge on any atom is 0.339 e. The molecule has 1 unspecified atom stereocenters. The van der Waals surface area contributed by atoms with Crippen LogP contribution in [0.4, 0.5) is 5.82 Å². The minimum Gasteiger partial charge on any atom is -0.480 e. The molecule has 0 aromatic carbocycles. The van der Waals surface area contributed by atoms with Gasteiger partial charge in [-0.25, -0.2) is 14.6 Å². The highest BCUT2D eigenvalue weighted by Gasteiger charge is 2.16. The zero-order valence-corrected chi connectivity index (χ0v) is 10.6. The molecule has 1 aromatic heterocycles. The fourth-order valence-corrected chi connectivity index (χ4v) is 1.38. The second-order valence-electron chi connectivity index (χ2n) is 3.71. The fraction of sp³-hybridized carbons (Fsp3) is 0.308. The molecule has 0 amide bonds. The number of aromatic nitrogens is 1. The zero-order chi connectivity index (χ0) is 14.3. The molecule has 0 aliphatic carbocycles. The number of ether oxygens (including phenoxy) is 1. The predicted octanol–water partition coefficient (Wildman–Crippen LogP) is 1.70. The second-order valence-corrected chi connectivity index (χ2v) is 3.71. The van der Waals surface area contributed by atoms with Gasteiger partial charge in [-0.2, -0.15) is 0 Å². The molecule has 19 heavy (non-hydrogen) atoms. The third-order valence-electron chi connectivity index (χ3n) is 2.30. The Labute approximate surface area is 111 Å². The van der Waals surface area contributed by atoms with Gasteiger partial charge in [-0.3, -0.25) is 0 Å². The van der Waals surface area contributed by atoms with E-state index in [1.54, 1.807) is 6.92 Å². The summed E-state index contributed by atoms with van der Waals surface area (Å²) in [6.07, 6.45) is 3.13. The third-order valence-corrected chi connectivity index (χ3v) is 2.30. The van der Waals surface area contributed by atoms with Gasteiger partial charge in [-0.15, -0.1) is 6.58 Å². The first-order valence-corrected chi connectivity index (χ1v) is 5.82. The molecule has 1 rings (SSSR count). The summed E-state index contributed by atoms with van der Waals surface area (Å²) in [7, 11) is 0. The smallest absolute Gasteiger partial charge is 0.339 e. The highest BCUT2D eigenvalue weighted by molar-refractivity contribution is 5.89. The zero-order valence-electron chi connectivity index (χ0n) is 10.6. The van der Waals surface area contributed by atoms with Gasteiger partial charge >= 0.3 is 11.9 Å². The van der Waals surface area contributed by atoms with Crippen molar-refractivity contribution >= 4 is 17.8 Å². The van der Waals surface area contributed by atoms with Crippen LogP contribution >= 0.6 is 0 Å². The highest BCUT2D eigenvalue weighted by Crippen LogP contribution is 2.09. The lowest BCUT2D eigenvalue weighted by Crippen LogP contribution is -2.28. The van der Waals surface area contributed by atoms with Crippen molar-refractivity contribution in [2.45, 2.75) is 19.4 Å². The van der Waals surface area contributed by atoms with Gasteiger partial charge in [0, 0.05) is 6.20 Å². The number of carboxylic acid groups (broad SMARTS) is 1. The number of aliphatic carboxylic acids is 1. The van der Waals surface area contributed by atoms with Crippen molar-refractivity contribution in [2.24, 2.45) is 0 Å². The number of carbonyl (C=O) groups is 2. The first-order chi connectivity index (χ1) is 9.08. The van der Waals surface area contributed by atoms with Crippen LogP contribution < -0.4 is 5.32 Å². The number of carboxylic acids is 1. The van der Waals surface area contributed by atoms with Crippen LogP contribution in [-0.2, 0) is 9.53 Å². The number of nitrogens with zero attached hydrogens (tertiary/aromatic N) is 1. The van der Waals surface area contributed by atoms with Crippen molar-refractivity contribution in [2.75, 3.05) is 11.9 Å². The maximum atomic E-state index is 11.4. The van der Waals surface area contributed by atoms with Crippen LogP contribution in [0.2, 0.25) is 0 Å². The Morgan fingerprint density at radius 3 is 2.79 bits per heavy atom. The van der Waals surface area contributed by atoms with E-state index in [1.165, 1.54) is 24.4 Å². The van der Waals surface area contributed by atoms with Crippen LogP contribution in [0.5, 0.6) is 0 Å². The number of hydrogen-bond acceptors (Lipinski definition) is 5. The fourth-order valence-electron chi connectivity index (χ4n) is 1.38. The first kappa shape index (κ1) is 14.7. The van der Waals surface area contributed by atoms with Gasteiger partial charge in [0.25, 0.3) is 0 Å². The molecule has 0 radical (unpaired) electrons. The van der Waals surface area contributed by atoms with E-state index in [1.807, 2.05) is 0 Å². The molecule has 0 saturated carbocycles. The summed E-state index contributed by atoms with van der Waals surface area (Å²) in [6, 6.07) is 2.27. The standard InChI is InChI=1S/C13H16N2O4/c1-3-5-10(12(16)17)15-11-7-6-9(8-14-11)13(18)19-4-2/h3,6-8,10H,1,4-5H2,2H3,(H,14,15)(H,16,17). The molecule has 1 aromatic rings. The molecule has 1 atom stereocenters. The van der Waals surface area contributed by atoms with Gasteiger partial charge in [0.15, 0.2) is 0 Å². The van der Waals surface area contributed by atoms with Crippen LogP contribution in [-0.4, -0.2) is 34.7 Å². The number of nitrogens with one attached hydrogen (secondary N) is 1. The molecule has 0 aliphatic heterocycles. The van der Waals surface area contributed by atoms with Crippen LogP contribution in [0.3, 0.4) is 0 Å². The number of carbonyl (C=O) groups excluding carboxylic acids is 1. The van der Waals surface area contributed by atoms with Crippen LogP contribution in [0, 0.1) is 0 Å². The molecular formula is C13H16N2O4. The summed E-state index contributed by atoms with van der Waals surface area (Å²) in [5, 5.41) is 11.7. The molecule has 6 heteroatoms. The minimum absolute atomic E-state index is 0.274. The van der Waals surface area contributed by atoms with Gasteiger partial charge in [-0.05, 0) is 25.5 Å². The Morgan fingerprint density at radius 1 is 1.58 bits per heavy atom. The van der Waals surface area contributed by atoms with Crippen LogP contribution in [0.25, 0.3) is 0 Å². The van der Waals surface area contributed by atoms with E-state index in [0.717, 1.165) is 0 Å². The highest BCUT2D eigenvalue weighted by atomic mass is 16.5. The number of rotatable bonds is 7. The molecule has 6 nitrogen and oxygen atoms in total. The lowest BCUT2D eigenvalue weighted by molar-refractivity contribution is -0.137. The number of esters is 1. The lowest BCUT2D eigenvalue weighted by atomic mass is 10.2. The van der Waals surface area contributed by atoms with E-state index in [4.69, 9.17) is 9.84 Å². The Kier molecular flexibility index (Phi) is 5.53. The molecule has 0 fully saturated rings. The van der Waals surface area contributed by atoms with Gasteiger partial charge < -0.3 is 15.2 Å². The number of pyridine rings is 1. The molecule has 0 spiro atoms. The summed E-state index contributed by atoms with van der Waals surface area (Å²) in [6.45, 7) is 5.50. The van der Waals surface area contributed by atoms with E-state index in [9.17, 15) is 9.59 Å². The summed E-state index contributed by atoms with van der Waals surface area (Å²) in [5.41, 5.74) is 0.322. The Hall–Kier alpha value is -2.37. The van der Waals surface area contributed by atoms with E-state index < -0.39 is 18.0 Å². The molecule has 0 saturated heterocycles. The number of hydrogen-bond donors (Lipinski definition) is 2. The third kappa shape index (κ3) is 4.42. The number of anilines is 1. The van der Waals surface area contributed by atoms with Crippen LogP contribution in [0.1, 0.15) is 23.7 Å². The van der Waals surface area contributed by atoms with Gasteiger partial charge in [0.1, 0.15) is 11.9 Å². The largest absolute Gasteiger partial charge is 0.480 e. The summed E-state index contributed by atoms with van der Waals surface area (Å²) < 4.78 is 4.82. The van der Waals surface area contributed by atoms with Crippen molar-refractivity contribution < 1.29 is 19.4 Å². The monoisotopic (exact) mass is 264 g/mol. The Morgan fingerprint density at radius 2 is 2.32 bits per heavy atom. The summed E-state index contributed by atoms with van der Waals surface area (Å²) in [4.78, 5) is 26.3. The quantitative estimate of drug-likeness (QED) is 0.575. The molecule has 0 bridgehead atoms. The van der Waals surface area contributed by atoms with E-state index >= 15 is 0 Å². The lowest BCUT2D eigenvalue weighted by Gasteiger charge is -2.13. The molecule has 2 N–H and O–H groups in total. The van der Waals surface area contributed by atoms with E-state index in [2.05, 4.69) is 16.9 Å². The molecule has 0 aliphatic rings. The van der Waals surface area contributed by atoms with Crippen molar-refractivity contribution in [3.63, 3.8) is 0 Å².